The van der Waals surface area contributed by atoms with Crippen LogP contribution in [0.5, 0.6) is 0 Å². The highest BCUT2D eigenvalue weighted by molar-refractivity contribution is 6.30. The summed E-state index contributed by atoms with van der Waals surface area (Å²) in [7, 11) is 0. The summed E-state index contributed by atoms with van der Waals surface area (Å²) in [5.41, 5.74) is 8.48. The molecule has 1 amide bonds. The highest BCUT2D eigenvalue weighted by Crippen LogP contribution is 2.23. The maximum atomic E-state index is 12.5. The predicted octanol–water partition coefficient (Wildman–Crippen LogP) is 2.73. The summed E-state index contributed by atoms with van der Waals surface area (Å²) < 4.78 is 1.48. The van der Waals surface area contributed by atoms with Crippen LogP contribution >= 0.6 is 11.6 Å². The van der Waals surface area contributed by atoms with Gasteiger partial charge in [-0.25, -0.2) is 4.68 Å². The number of hydrogen-bond acceptors (Lipinski definition) is 4. The van der Waals surface area contributed by atoms with Gasteiger partial charge in [-0.05, 0) is 42.3 Å². The molecule has 0 radical (unpaired) electrons. The molecule has 3 aromatic rings. The molecular formula is C18H18ClN5O. The molecule has 128 valence electrons. The highest BCUT2D eigenvalue weighted by Gasteiger charge is 2.18. The Kier molecular flexibility index (Phi) is 5.00. The number of benzene rings is 1. The summed E-state index contributed by atoms with van der Waals surface area (Å²) in [4.78, 5) is 16.6. The van der Waals surface area contributed by atoms with E-state index in [1.165, 1.54) is 4.68 Å². The van der Waals surface area contributed by atoms with Gasteiger partial charge in [0.25, 0.3) is 0 Å². The van der Waals surface area contributed by atoms with E-state index in [0.29, 0.717) is 10.8 Å². The lowest BCUT2D eigenvalue weighted by atomic mass is 9.99. The van der Waals surface area contributed by atoms with Crippen LogP contribution in [-0.4, -0.2) is 20.7 Å². The van der Waals surface area contributed by atoms with Crippen molar-refractivity contribution in [2.45, 2.75) is 19.5 Å². The Morgan fingerprint density at radius 2 is 1.84 bits per heavy atom. The molecule has 0 spiro atoms. The average Bonchev–Trinajstić information content (AvgIpc) is 2.91. The summed E-state index contributed by atoms with van der Waals surface area (Å²) in [6.07, 6.45) is 3.39. The van der Waals surface area contributed by atoms with Crippen molar-refractivity contribution in [1.29, 1.82) is 0 Å². The fraction of sp³-hybridized carbons (Fsp3) is 0.167. The second kappa shape index (κ2) is 7.36. The maximum Gasteiger partial charge on any atom is 0.242 e. The van der Waals surface area contributed by atoms with Crippen molar-refractivity contribution in [2.24, 2.45) is 0 Å². The molecule has 0 saturated heterocycles. The maximum absolute atomic E-state index is 12.5. The lowest BCUT2D eigenvalue weighted by Gasteiger charge is -2.20. The third-order valence-corrected chi connectivity index (χ3v) is 4.03. The molecule has 0 aliphatic carbocycles. The number of hydrogen-bond donors (Lipinski definition) is 2. The molecule has 2 heterocycles. The topological polar surface area (TPSA) is 85.8 Å². The average molecular weight is 356 g/mol. The first-order valence-electron chi connectivity index (χ1n) is 7.77. The number of aromatic nitrogens is 3. The minimum atomic E-state index is -0.314. The van der Waals surface area contributed by atoms with Gasteiger partial charge in [0, 0.05) is 23.5 Å². The highest BCUT2D eigenvalue weighted by atomic mass is 35.5. The fourth-order valence-corrected chi connectivity index (χ4v) is 2.73. The standard InChI is InChI=1S/C18H18ClN5O/c1-12-10-16(20)24(23-12)11-17(25)22-18(14-6-8-21-9-7-14)13-2-4-15(19)5-3-13/h2-10,18H,11,20H2,1H3,(H,22,25). The van der Waals surface area contributed by atoms with E-state index in [4.69, 9.17) is 17.3 Å². The molecule has 6 nitrogen and oxygen atoms in total. The first-order chi connectivity index (χ1) is 12.0. The zero-order valence-electron chi connectivity index (χ0n) is 13.7. The van der Waals surface area contributed by atoms with Crippen molar-refractivity contribution in [3.8, 4) is 0 Å². The van der Waals surface area contributed by atoms with Crippen molar-refractivity contribution in [3.63, 3.8) is 0 Å². The largest absolute Gasteiger partial charge is 0.384 e. The van der Waals surface area contributed by atoms with E-state index < -0.39 is 0 Å². The van der Waals surface area contributed by atoms with Crippen LogP contribution in [0.1, 0.15) is 22.9 Å². The number of nitrogens with two attached hydrogens (primary N) is 1. The van der Waals surface area contributed by atoms with Crippen molar-refractivity contribution in [1.82, 2.24) is 20.1 Å². The van der Waals surface area contributed by atoms with Crippen LogP contribution in [-0.2, 0) is 11.3 Å². The molecule has 2 aromatic heterocycles. The normalized spacial score (nSPS) is 11.9. The van der Waals surface area contributed by atoms with E-state index in [9.17, 15) is 4.79 Å². The van der Waals surface area contributed by atoms with Crippen LogP contribution in [0, 0.1) is 6.92 Å². The van der Waals surface area contributed by atoms with Crippen molar-refractivity contribution >= 4 is 23.3 Å². The second-order valence-electron chi connectivity index (χ2n) is 5.70. The molecule has 1 aromatic carbocycles. The molecule has 25 heavy (non-hydrogen) atoms. The van der Waals surface area contributed by atoms with E-state index in [1.54, 1.807) is 30.6 Å². The SMILES string of the molecule is Cc1cc(N)n(CC(=O)NC(c2ccncc2)c2ccc(Cl)cc2)n1. The lowest BCUT2D eigenvalue weighted by Crippen LogP contribution is -2.32. The third-order valence-electron chi connectivity index (χ3n) is 3.77. The molecule has 3 N–H and O–H groups in total. The molecule has 3 rings (SSSR count). The van der Waals surface area contributed by atoms with E-state index in [1.807, 2.05) is 31.2 Å². The molecule has 7 heteroatoms. The van der Waals surface area contributed by atoms with Gasteiger partial charge in [0.15, 0.2) is 0 Å². The Morgan fingerprint density at radius 3 is 2.44 bits per heavy atom. The summed E-state index contributed by atoms with van der Waals surface area (Å²) in [5, 5.41) is 7.89. The van der Waals surface area contributed by atoms with Crippen molar-refractivity contribution in [3.05, 3.63) is 76.7 Å². The van der Waals surface area contributed by atoms with Gasteiger partial charge < -0.3 is 11.1 Å². The van der Waals surface area contributed by atoms with Crippen molar-refractivity contribution < 1.29 is 4.79 Å². The third kappa shape index (κ3) is 4.16. The van der Waals surface area contributed by atoms with Crippen molar-refractivity contribution in [2.75, 3.05) is 5.73 Å². The van der Waals surface area contributed by atoms with Crippen LogP contribution < -0.4 is 11.1 Å². The number of amides is 1. The number of nitrogens with one attached hydrogen (secondary N) is 1. The number of rotatable bonds is 5. The zero-order chi connectivity index (χ0) is 17.8. The Balaban J connectivity index is 1.83. The summed E-state index contributed by atoms with van der Waals surface area (Å²) >= 11 is 5.97. The number of nitrogens with zero attached hydrogens (tertiary/aromatic N) is 3. The quantitative estimate of drug-likeness (QED) is 0.736. The van der Waals surface area contributed by atoms with Crippen LogP contribution in [0.3, 0.4) is 0 Å². The number of carbonyl (C=O) groups excluding carboxylic acids is 1. The van der Waals surface area contributed by atoms with E-state index in [2.05, 4.69) is 15.4 Å². The Bertz CT molecular complexity index is 861. The summed E-state index contributed by atoms with van der Waals surface area (Å²) in [5.74, 6) is 0.270. The molecule has 0 aliphatic heterocycles. The monoisotopic (exact) mass is 355 g/mol. The van der Waals surface area contributed by atoms with Crippen LogP contribution in [0.25, 0.3) is 0 Å². The van der Waals surface area contributed by atoms with Gasteiger partial charge in [-0.3, -0.25) is 9.78 Å². The number of nitrogen functional groups attached to an aromatic ring is 1. The smallest absolute Gasteiger partial charge is 0.242 e. The van der Waals surface area contributed by atoms with E-state index in [0.717, 1.165) is 16.8 Å². The van der Waals surface area contributed by atoms with E-state index in [-0.39, 0.29) is 18.5 Å². The van der Waals surface area contributed by atoms with Gasteiger partial charge in [0.05, 0.1) is 11.7 Å². The van der Waals surface area contributed by atoms with Crippen LogP contribution in [0.4, 0.5) is 5.82 Å². The molecule has 0 aliphatic rings. The molecule has 1 unspecified atom stereocenters. The predicted molar refractivity (Wildman–Crippen MR) is 97.1 cm³/mol. The molecule has 1 atom stereocenters. The number of aryl methyl sites for hydroxylation is 1. The number of halogens is 1. The minimum absolute atomic E-state index is 0.0504. The van der Waals surface area contributed by atoms with Gasteiger partial charge in [0.2, 0.25) is 5.91 Å². The molecule has 0 fully saturated rings. The molecular weight excluding hydrogens is 338 g/mol. The number of carbonyl (C=O) groups is 1. The number of pyridine rings is 1. The molecule has 0 saturated carbocycles. The Labute approximate surface area is 150 Å². The first-order valence-corrected chi connectivity index (χ1v) is 8.15. The van der Waals surface area contributed by atoms with Gasteiger partial charge in [-0.15, -0.1) is 0 Å². The van der Waals surface area contributed by atoms with Gasteiger partial charge in [-0.2, -0.15) is 5.10 Å². The molecule has 0 bridgehead atoms. The Morgan fingerprint density at radius 1 is 1.20 bits per heavy atom. The van der Waals surface area contributed by atoms with Crippen LogP contribution in [0.2, 0.25) is 5.02 Å². The fourth-order valence-electron chi connectivity index (χ4n) is 2.61. The second-order valence-corrected chi connectivity index (χ2v) is 6.14. The van der Waals surface area contributed by atoms with Gasteiger partial charge in [-0.1, -0.05) is 23.7 Å². The zero-order valence-corrected chi connectivity index (χ0v) is 14.4. The first kappa shape index (κ1) is 17.0. The van der Waals surface area contributed by atoms with Crippen LogP contribution in [0.15, 0.2) is 54.9 Å². The minimum Gasteiger partial charge on any atom is -0.384 e. The lowest BCUT2D eigenvalue weighted by molar-refractivity contribution is -0.122. The number of anilines is 1. The summed E-state index contributed by atoms with van der Waals surface area (Å²) in [6.45, 7) is 1.88. The van der Waals surface area contributed by atoms with Gasteiger partial charge >= 0.3 is 0 Å². The van der Waals surface area contributed by atoms with E-state index >= 15 is 0 Å². The summed E-state index contributed by atoms with van der Waals surface area (Å²) in [6, 6.07) is 12.5. The Hall–Kier alpha value is -2.86. The van der Waals surface area contributed by atoms with Gasteiger partial charge in [0.1, 0.15) is 12.4 Å².